The van der Waals surface area contributed by atoms with E-state index in [0.717, 1.165) is 69.1 Å². The molecule has 1 heterocycles. The molecule has 0 N–H and O–H groups in total. The number of aryl methyl sites for hydroxylation is 1. The minimum atomic E-state index is -0.651. The van der Waals surface area contributed by atoms with E-state index >= 15 is 0 Å². The average Bonchev–Trinajstić information content (AvgIpc) is 3.17. The lowest BCUT2D eigenvalue weighted by atomic mass is 9.79. The van der Waals surface area contributed by atoms with E-state index in [1.165, 1.54) is 0 Å². The van der Waals surface area contributed by atoms with Gasteiger partial charge in [-0.15, -0.1) is 0 Å². The molecule has 0 radical (unpaired) electrons. The van der Waals surface area contributed by atoms with Crippen molar-refractivity contribution in [3.05, 3.63) is 100 Å². The van der Waals surface area contributed by atoms with Crippen molar-refractivity contribution < 1.29 is 4.79 Å². The number of benzene rings is 3. The number of hydrogen-bond donors (Lipinski definition) is 0. The molecule has 0 unspecified atom stereocenters. The average molecular weight is 417 g/mol. The lowest BCUT2D eigenvalue weighted by Crippen LogP contribution is -2.25. The molecular weight excluding hydrogens is 392 g/mol. The highest BCUT2D eigenvalue weighted by molar-refractivity contribution is 6.05. The Labute approximate surface area is 188 Å². The smallest absolute Gasteiger partial charge is 0.151 e. The van der Waals surface area contributed by atoms with Crippen molar-refractivity contribution >= 4 is 17.1 Å². The monoisotopic (exact) mass is 416 g/mol. The van der Waals surface area contributed by atoms with Crippen LogP contribution in [-0.4, -0.2) is 11.3 Å². The summed E-state index contributed by atoms with van der Waals surface area (Å²) in [6, 6.07) is 24.9. The molecule has 3 nitrogen and oxygen atoms in total. The van der Waals surface area contributed by atoms with E-state index in [0.29, 0.717) is 12.0 Å². The molecule has 1 atom stereocenters. The number of nitriles is 1. The molecule has 4 aromatic rings. The molecule has 0 bridgehead atoms. The molecule has 5 rings (SSSR count). The first kappa shape index (κ1) is 20.2. The van der Waals surface area contributed by atoms with E-state index in [-0.39, 0.29) is 0 Å². The predicted octanol–water partition coefficient (Wildman–Crippen LogP) is 6.28. The van der Waals surface area contributed by atoms with Gasteiger partial charge in [0.1, 0.15) is 5.41 Å². The first-order chi connectivity index (χ1) is 15.6. The van der Waals surface area contributed by atoms with Crippen LogP contribution >= 0.6 is 0 Å². The van der Waals surface area contributed by atoms with Crippen LogP contribution < -0.4 is 0 Å². The lowest BCUT2D eigenvalue weighted by Gasteiger charge is -2.24. The van der Waals surface area contributed by atoms with Crippen molar-refractivity contribution in [2.45, 2.75) is 38.5 Å². The number of aldehydes is 1. The van der Waals surface area contributed by atoms with E-state index in [1.807, 2.05) is 49.4 Å². The van der Waals surface area contributed by atoms with Crippen molar-refractivity contribution in [3.8, 4) is 17.2 Å². The number of hydrogen-bond acceptors (Lipinski definition) is 3. The van der Waals surface area contributed by atoms with Gasteiger partial charge in [0.2, 0.25) is 0 Å². The number of nitrogens with zero attached hydrogens (tertiary/aromatic N) is 2. The molecule has 32 heavy (non-hydrogen) atoms. The van der Waals surface area contributed by atoms with E-state index < -0.39 is 5.41 Å². The fourth-order valence-electron chi connectivity index (χ4n) is 5.21. The van der Waals surface area contributed by atoms with Crippen molar-refractivity contribution in [1.29, 1.82) is 5.26 Å². The molecule has 1 aliphatic rings. The molecule has 1 aromatic heterocycles. The SMILES string of the molecule is Cc1nc2c(c(-c3ccc4ccccc4c3C=O)c1C)CC[C@@]2(C#N)Cc1ccccc1. The maximum absolute atomic E-state index is 12.3. The summed E-state index contributed by atoms with van der Waals surface area (Å²) in [4.78, 5) is 17.2. The maximum Gasteiger partial charge on any atom is 0.151 e. The normalized spacial score (nSPS) is 17.2. The Balaban J connectivity index is 1.76. The zero-order chi connectivity index (χ0) is 22.3. The Hall–Kier alpha value is -3.77. The highest BCUT2D eigenvalue weighted by Crippen LogP contribution is 2.46. The Morgan fingerprint density at radius 3 is 2.53 bits per heavy atom. The quantitative estimate of drug-likeness (QED) is 0.368. The Morgan fingerprint density at radius 2 is 1.78 bits per heavy atom. The van der Waals surface area contributed by atoms with Crippen molar-refractivity contribution in [2.24, 2.45) is 0 Å². The summed E-state index contributed by atoms with van der Waals surface area (Å²) in [5.41, 5.74) is 7.20. The van der Waals surface area contributed by atoms with Gasteiger partial charge in [-0.05, 0) is 71.7 Å². The van der Waals surface area contributed by atoms with Gasteiger partial charge in [0.15, 0.2) is 6.29 Å². The third-order valence-electron chi connectivity index (χ3n) is 6.96. The topological polar surface area (TPSA) is 53.8 Å². The first-order valence-corrected chi connectivity index (χ1v) is 11.0. The highest BCUT2D eigenvalue weighted by atomic mass is 16.1. The molecule has 0 amide bonds. The molecule has 0 spiro atoms. The third-order valence-corrected chi connectivity index (χ3v) is 6.96. The summed E-state index contributed by atoms with van der Waals surface area (Å²) in [5, 5.41) is 12.3. The number of carbonyl (C=O) groups is 1. The van der Waals surface area contributed by atoms with Gasteiger partial charge in [-0.1, -0.05) is 66.7 Å². The minimum Gasteiger partial charge on any atom is -0.298 e. The molecule has 3 aromatic carbocycles. The molecule has 1 aliphatic carbocycles. The first-order valence-electron chi connectivity index (χ1n) is 11.0. The molecule has 0 saturated carbocycles. The summed E-state index contributed by atoms with van der Waals surface area (Å²) >= 11 is 0. The number of fused-ring (bicyclic) bond motifs is 2. The van der Waals surface area contributed by atoms with Crippen LogP contribution in [0.15, 0.2) is 66.7 Å². The number of carbonyl (C=O) groups excluding carboxylic acids is 1. The van der Waals surface area contributed by atoms with Gasteiger partial charge >= 0.3 is 0 Å². The standard InChI is InChI=1S/C29H24N2O/c1-19-20(2)31-28-25(14-15-29(28,18-30)16-21-8-4-3-5-9-21)27(19)24-13-12-22-10-6-7-11-23(22)26(24)17-32/h3-13,17H,14-16H2,1-2H3/t29-/m0/s1. The van der Waals surface area contributed by atoms with E-state index in [1.54, 1.807) is 0 Å². The largest absolute Gasteiger partial charge is 0.298 e. The maximum atomic E-state index is 12.3. The molecule has 0 aliphatic heterocycles. The summed E-state index contributed by atoms with van der Waals surface area (Å²) < 4.78 is 0. The van der Waals surface area contributed by atoms with Gasteiger partial charge < -0.3 is 0 Å². The van der Waals surface area contributed by atoms with Gasteiger partial charge in [0.05, 0.1) is 11.8 Å². The fourth-order valence-corrected chi connectivity index (χ4v) is 5.21. The number of aromatic nitrogens is 1. The van der Waals surface area contributed by atoms with E-state index in [4.69, 9.17) is 4.98 Å². The summed E-state index contributed by atoms with van der Waals surface area (Å²) in [5.74, 6) is 0. The van der Waals surface area contributed by atoms with Gasteiger partial charge in [0.25, 0.3) is 0 Å². The second-order valence-corrected chi connectivity index (χ2v) is 8.75. The van der Waals surface area contributed by atoms with E-state index in [2.05, 4.69) is 37.3 Å². The van der Waals surface area contributed by atoms with Crippen LogP contribution in [0.5, 0.6) is 0 Å². The zero-order valence-corrected chi connectivity index (χ0v) is 18.4. The van der Waals surface area contributed by atoms with Crippen molar-refractivity contribution in [2.75, 3.05) is 0 Å². The molecule has 0 fully saturated rings. The van der Waals surface area contributed by atoms with Crippen LogP contribution in [0.2, 0.25) is 0 Å². The van der Waals surface area contributed by atoms with Crippen LogP contribution in [0.1, 0.15) is 44.9 Å². The van der Waals surface area contributed by atoms with Gasteiger partial charge in [-0.3, -0.25) is 9.78 Å². The molecule has 0 saturated heterocycles. The number of rotatable bonds is 4. The molecular formula is C29H24N2O. The molecule has 3 heteroatoms. The summed E-state index contributed by atoms with van der Waals surface area (Å²) in [6.07, 6.45) is 3.13. The second-order valence-electron chi connectivity index (χ2n) is 8.75. The predicted molar refractivity (Wildman–Crippen MR) is 128 cm³/mol. The van der Waals surface area contributed by atoms with Crippen LogP contribution in [0, 0.1) is 25.2 Å². The number of pyridine rings is 1. The van der Waals surface area contributed by atoms with Gasteiger partial charge in [-0.25, -0.2) is 0 Å². The summed E-state index contributed by atoms with van der Waals surface area (Å²) in [7, 11) is 0. The molecule has 156 valence electrons. The summed E-state index contributed by atoms with van der Waals surface area (Å²) in [6.45, 7) is 4.08. The Kier molecular flexibility index (Phi) is 4.87. The van der Waals surface area contributed by atoms with Crippen LogP contribution in [0.4, 0.5) is 0 Å². The van der Waals surface area contributed by atoms with Crippen molar-refractivity contribution in [3.63, 3.8) is 0 Å². The van der Waals surface area contributed by atoms with E-state index in [9.17, 15) is 10.1 Å². The van der Waals surface area contributed by atoms with Crippen LogP contribution in [-0.2, 0) is 18.3 Å². The highest BCUT2D eigenvalue weighted by Gasteiger charge is 2.43. The third kappa shape index (κ3) is 3.03. The Bertz CT molecular complexity index is 1400. The van der Waals surface area contributed by atoms with Gasteiger partial charge in [0, 0.05) is 11.3 Å². The Morgan fingerprint density at radius 1 is 1.03 bits per heavy atom. The second kappa shape index (κ2) is 7.73. The van der Waals surface area contributed by atoms with Crippen LogP contribution in [0.3, 0.4) is 0 Å². The minimum absolute atomic E-state index is 0.643. The van der Waals surface area contributed by atoms with Gasteiger partial charge in [-0.2, -0.15) is 5.26 Å². The van der Waals surface area contributed by atoms with Crippen molar-refractivity contribution in [1.82, 2.24) is 4.98 Å². The van der Waals surface area contributed by atoms with Crippen LogP contribution in [0.25, 0.3) is 21.9 Å². The fraction of sp³-hybridized carbons (Fsp3) is 0.207. The zero-order valence-electron chi connectivity index (χ0n) is 18.4. The lowest BCUT2D eigenvalue weighted by molar-refractivity contribution is 0.112.